The molecule has 2 fully saturated rings. The van der Waals surface area contributed by atoms with Crippen LogP contribution in [0.25, 0.3) is 0 Å². The Balaban J connectivity index is 1.90. The second kappa shape index (κ2) is 40.5. The zero-order valence-corrected chi connectivity index (χ0v) is 49.2. The van der Waals surface area contributed by atoms with E-state index < -0.39 is 164 Å². The van der Waals surface area contributed by atoms with Crippen LogP contribution in [0.15, 0.2) is 35.3 Å². The average Bonchev–Trinajstić information content (AvgIpc) is 3.67. The van der Waals surface area contributed by atoms with Gasteiger partial charge in [-0.05, 0) is 51.0 Å². The van der Waals surface area contributed by atoms with E-state index >= 15 is 0 Å². The highest BCUT2D eigenvalue weighted by atomic mass is 33.1. The predicted octanol–water partition coefficient (Wildman–Crippen LogP) is -3.29. The van der Waals surface area contributed by atoms with E-state index in [1.165, 1.54) is 6.92 Å². The number of carboxylic acids is 1. The number of benzene rings is 1. The number of carboxylic acid groups (broad SMARTS) is 1. The van der Waals surface area contributed by atoms with Gasteiger partial charge in [-0.1, -0.05) is 51.9 Å². The Hall–Kier alpha value is -6.71. The van der Waals surface area contributed by atoms with Crippen LogP contribution < -0.4 is 59.9 Å². The highest BCUT2D eigenvalue weighted by molar-refractivity contribution is 8.76. The number of fused-ring (bicyclic) bond motifs is 5. The van der Waals surface area contributed by atoms with Crippen molar-refractivity contribution in [3.05, 3.63) is 35.9 Å². The van der Waals surface area contributed by atoms with Crippen LogP contribution in [0.1, 0.15) is 70.3 Å². The first-order chi connectivity index (χ1) is 40.1. The van der Waals surface area contributed by atoms with Crippen LogP contribution in [0, 0.1) is 17.8 Å². The van der Waals surface area contributed by atoms with Gasteiger partial charge in [-0.2, -0.15) is 0 Å². The molecule has 32 heteroatoms. The van der Waals surface area contributed by atoms with Gasteiger partial charge in [-0.25, -0.2) is 5.90 Å². The number of nitrogens with two attached hydrogens (primary N) is 3. The van der Waals surface area contributed by atoms with E-state index in [-0.39, 0.29) is 113 Å². The molecular formula is C52H78N12O17S3. The van der Waals surface area contributed by atoms with Crippen LogP contribution in [-0.2, 0) is 83.1 Å². The molecule has 2 saturated heterocycles. The third kappa shape index (κ3) is 30.2. The molecule has 0 spiro atoms. The number of carbonyl (C=O) groups excluding carboxylic acids is 12. The number of aliphatic imine (C=N–C) groups is 1. The fourth-order valence-electron chi connectivity index (χ4n) is 8.29. The van der Waals surface area contributed by atoms with Crippen LogP contribution in [0.4, 0.5) is 0 Å². The summed E-state index contributed by atoms with van der Waals surface area (Å²) in [6, 6.07) is 3.52. The van der Waals surface area contributed by atoms with E-state index in [0.29, 0.717) is 5.56 Å². The Morgan fingerprint density at radius 1 is 0.667 bits per heavy atom. The quantitative estimate of drug-likeness (QED) is 0.0142. The van der Waals surface area contributed by atoms with Gasteiger partial charge in [0.1, 0.15) is 25.9 Å². The van der Waals surface area contributed by atoms with Crippen molar-refractivity contribution in [2.45, 2.75) is 95.3 Å². The minimum absolute atomic E-state index is 0.0165. The number of rotatable bonds is 26. The molecule has 2 heterocycles. The molecule has 0 unspecified atom stereocenters. The summed E-state index contributed by atoms with van der Waals surface area (Å²) >= 11 is 0.971. The van der Waals surface area contributed by atoms with Crippen molar-refractivity contribution in [2.75, 3.05) is 88.8 Å². The van der Waals surface area contributed by atoms with Crippen molar-refractivity contribution in [1.82, 2.24) is 42.5 Å². The number of hydrogen-bond donors (Lipinski definition) is 12. The fourth-order valence-corrected chi connectivity index (χ4v) is 11.6. The molecule has 0 saturated carbocycles. The number of thioether (sulfide) groups is 1. The lowest BCUT2D eigenvalue weighted by Gasteiger charge is -2.26. The number of Topliss-reactive ketones (excluding diaryl/α,β-unsaturated/α-hetero) is 4. The molecule has 7 atom stereocenters. The smallest absolute Gasteiger partial charge is 0.304 e. The van der Waals surface area contributed by atoms with Crippen molar-refractivity contribution in [3.63, 3.8) is 0 Å². The molecule has 0 radical (unpaired) electrons. The molecule has 8 amide bonds. The van der Waals surface area contributed by atoms with Gasteiger partial charge < -0.3 is 68.6 Å². The molecule has 3 rings (SSSR count). The lowest BCUT2D eigenvalue weighted by atomic mass is 9.90. The number of guanidine groups is 1. The first-order valence-corrected chi connectivity index (χ1v) is 30.8. The van der Waals surface area contributed by atoms with Crippen LogP contribution in [0.5, 0.6) is 0 Å². The largest absolute Gasteiger partial charge is 0.481 e. The van der Waals surface area contributed by atoms with Gasteiger partial charge in [0.2, 0.25) is 47.3 Å². The summed E-state index contributed by atoms with van der Waals surface area (Å²) in [5.41, 5.74) is 11.7. The predicted molar refractivity (Wildman–Crippen MR) is 310 cm³/mol. The second-order valence-corrected chi connectivity index (χ2v) is 23.2. The fraction of sp³-hybridized carbons (Fsp3) is 0.615. The second-order valence-electron chi connectivity index (χ2n) is 19.6. The van der Waals surface area contributed by atoms with Crippen LogP contribution in [0.3, 0.4) is 0 Å². The maximum absolute atomic E-state index is 14.5. The van der Waals surface area contributed by atoms with Crippen LogP contribution in [-0.4, -0.2) is 200 Å². The Kier molecular flexibility index (Phi) is 34.5. The number of ketones is 4. The SMILES string of the molecule is CC(=O)[C@@H]1CSCC(=O)N[C@@H](CCCCNC(=O)COCC(=O)NCCOCCNC(=O)CON)C(=O)N[C@H]2CSSC[C@H](NC(=O)[C@H](CC(=O)O)CC(=O)CNC(=O)[C@H](CCCN=C(N)N)CC2=O)C(=O)C[C@@H](Cc2ccccc2)C(=O)N1. The lowest BCUT2D eigenvalue weighted by Crippen LogP contribution is -2.53. The first kappa shape index (κ1) is 71.6. The minimum atomic E-state index is -1.50. The Bertz CT molecular complexity index is 2440. The van der Waals surface area contributed by atoms with E-state index in [9.17, 15) is 67.4 Å². The van der Waals surface area contributed by atoms with Gasteiger partial charge in [0, 0.05) is 74.5 Å². The van der Waals surface area contributed by atoms with E-state index in [4.69, 9.17) is 26.8 Å². The maximum atomic E-state index is 14.5. The number of carbonyl (C=O) groups is 13. The number of ether oxygens (including phenoxy) is 2. The summed E-state index contributed by atoms with van der Waals surface area (Å²) in [6.45, 7) is 0.195. The molecular weight excluding hydrogens is 1160 g/mol. The minimum Gasteiger partial charge on any atom is -0.481 e. The van der Waals surface area contributed by atoms with Crippen LogP contribution >= 0.6 is 33.3 Å². The van der Waals surface area contributed by atoms with Crippen molar-refractivity contribution in [3.8, 4) is 0 Å². The standard InChI is InChI=1S/C52H78N12O17S3/c1-31(65)38-27-82-30-46(72)61-37(11-5-6-12-56-43(69)24-80-25-44(70)57-14-16-79-17-15-58-45(71)26-81-55)51(78)64-40-29-84-83-28-39(42(68)21-34(49(76)62-38)18-32-8-3-2-4-9-32)63-50(77)35(22-47(73)74)19-36(66)23-60-48(75)33(20-41(40)67)10-7-13-59-52(53)54/h2-4,8-9,33-35,37-40H,5-7,10-30,55H2,1H3,(H,56,69)(H,57,70)(H,58,71)(H,60,75)(H,61,72)(H,62,76)(H,63,77)(H,64,78)(H,73,74)(H4,53,54,59)/t33-,34-,35+,37+,38+,39+,40+/m1/s1. The monoisotopic (exact) mass is 1240 g/mol. The summed E-state index contributed by atoms with van der Waals surface area (Å²) in [5, 5.41) is 30.7. The molecule has 0 aliphatic carbocycles. The zero-order valence-electron chi connectivity index (χ0n) is 46.8. The van der Waals surface area contributed by atoms with Gasteiger partial charge >= 0.3 is 5.97 Å². The zero-order chi connectivity index (χ0) is 61.8. The Morgan fingerprint density at radius 3 is 1.87 bits per heavy atom. The van der Waals surface area contributed by atoms with Gasteiger partial charge in [0.05, 0.1) is 56.0 Å². The Labute approximate surface area is 497 Å². The average molecular weight is 1240 g/mol. The summed E-state index contributed by atoms with van der Waals surface area (Å²) < 4.78 is 10.5. The Morgan fingerprint density at radius 2 is 1.26 bits per heavy atom. The third-order valence-corrected chi connectivity index (χ3v) is 16.1. The van der Waals surface area contributed by atoms with Gasteiger partial charge in [-0.3, -0.25) is 72.2 Å². The molecule has 2 bridgehead atoms. The molecule has 1 aromatic rings. The molecule has 2 aliphatic rings. The van der Waals surface area contributed by atoms with Gasteiger partial charge in [0.15, 0.2) is 29.1 Å². The van der Waals surface area contributed by atoms with E-state index in [0.717, 1.165) is 33.3 Å². The van der Waals surface area contributed by atoms with E-state index in [1.807, 2.05) is 0 Å². The lowest BCUT2D eigenvalue weighted by molar-refractivity contribution is -0.142. The molecule has 29 nitrogen and oxygen atoms in total. The van der Waals surface area contributed by atoms with Crippen molar-refractivity contribution in [2.24, 2.45) is 40.1 Å². The highest BCUT2D eigenvalue weighted by Crippen LogP contribution is 2.27. The number of nitrogens with zero attached hydrogens (tertiary/aromatic N) is 1. The maximum Gasteiger partial charge on any atom is 0.304 e. The summed E-state index contributed by atoms with van der Waals surface area (Å²) in [4.78, 5) is 182. The van der Waals surface area contributed by atoms with E-state index in [1.54, 1.807) is 30.3 Å². The number of nitrogens with one attached hydrogen (secondary N) is 8. The normalized spacial score (nSPS) is 22.0. The molecule has 1 aromatic carbocycles. The topological polar surface area (TPSA) is 456 Å². The van der Waals surface area contributed by atoms with Crippen molar-refractivity contribution in [1.29, 1.82) is 0 Å². The highest BCUT2D eigenvalue weighted by Gasteiger charge is 2.35. The third-order valence-electron chi connectivity index (χ3n) is 12.7. The first-order valence-electron chi connectivity index (χ1n) is 27.1. The summed E-state index contributed by atoms with van der Waals surface area (Å²) in [7, 11) is 2.01. The summed E-state index contributed by atoms with van der Waals surface area (Å²) in [5.74, 6) is -9.17. The number of amides is 8. The van der Waals surface area contributed by atoms with E-state index in [2.05, 4.69) is 52.4 Å². The van der Waals surface area contributed by atoms with Crippen molar-refractivity contribution < 1.29 is 81.7 Å². The van der Waals surface area contributed by atoms with Gasteiger partial charge in [0.25, 0.3) is 0 Å². The molecule has 84 heavy (non-hydrogen) atoms. The molecule has 2 aliphatic heterocycles. The summed E-state index contributed by atoms with van der Waals surface area (Å²) in [6.07, 6.45) is -1.72. The number of hydrogen-bond acceptors (Lipinski definition) is 21. The molecule has 0 aromatic heterocycles. The van der Waals surface area contributed by atoms with Crippen molar-refractivity contribution >= 4 is 116 Å². The number of aliphatic carboxylic acids is 1. The molecule has 15 N–H and O–H groups in total. The molecule has 466 valence electrons. The number of unbranched alkanes of at least 4 members (excludes halogenated alkanes) is 1. The van der Waals surface area contributed by atoms with Crippen LogP contribution in [0.2, 0.25) is 0 Å². The van der Waals surface area contributed by atoms with Gasteiger partial charge in [-0.15, -0.1) is 11.8 Å².